The fourth-order valence-electron chi connectivity index (χ4n) is 0.937. The summed E-state index contributed by atoms with van der Waals surface area (Å²) in [4.78, 5) is 0. The van der Waals surface area contributed by atoms with Crippen molar-refractivity contribution in [3.63, 3.8) is 0 Å². The largest absolute Gasteiger partial charge is 1.00 e. The average molecular weight is 240 g/mol. The van der Waals surface area contributed by atoms with Gasteiger partial charge in [0.15, 0.2) is 0 Å². The molecule has 0 aliphatic rings. The van der Waals surface area contributed by atoms with Gasteiger partial charge in [0.05, 0.1) is 0 Å². The maximum atomic E-state index is 12.2. The van der Waals surface area contributed by atoms with Crippen molar-refractivity contribution in [2.45, 2.75) is 0 Å². The molecule has 6 heteroatoms. The minimum atomic E-state index is -4.91. The molecule has 76 valence electrons. The van der Waals surface area contributed by atoms with Gasteiger partial charge in [-0.15, -0.1) is 5.46 Å². The number of hydrogen-bond donors (Lipinski definition) is 0. The van der Waals surface area contributed by atoms with Crippen LogP contribution >= 0.6 is 0 Å². The third-order valence-corrected chi connectivity index (χ3v) is 1.63. The predicted molar refractivity (Wildman–Crippen MR) is 50.8 cm³/mol. The molecule has 1 nitrogen and oxygen atoms in total. The van der Waals surface area contributed by atoms with Crippen molar-refractivity contribution in [3.05, 3.63) is 36.9 Å². The van der Waals surface area contributed by atoms with Crippen molar-refractivity contribution in [2.24, 2.45) is 0 Å². The van der Waals surface area contributed by atoms with E-state index in [1.54, 1.807) is 0 Å². The minimum Gasteiger partial charge on any atom is -0.490 e. The third kappa shape index (κ3) is 5.22. The summed E-state index contributed by atoms with van der Waals surface area (Å²) in [6, 6.07) is 4.62. The first-order chi connectivity index (χ1) is 6.54. The van der Waals surface area contributed by atoms with Gasteiger partial charge >= 0.3 is 58.4 Å². The van der Waals surface area contributed by atoms with Crippen LogP contribution in [0.4, 0.5) is 12.9 Å². The summed E-state index contributed by atoms with van der Waals surface area (Å²) in [5.74, 6) is 0.411. The first-order valence-corrected chi connectivity index (χ1v) is 4.07. The molecular weight excluding hydrogens is 231 g/mol. The molecule has 0 saturated carbocycles. The van der Waals surface area contributed by atoms with Crippen LogP contribution in [0.2, 0.25) is 0 Å². The molecule has 0 atom stereocenters. The van der Waals surface area contributed by atoms with Crippen LogP contribution in [-0.4, -0.2) is 13.6 Å². The molecule has 0 aromatic heterocycles. The Bertz CT molecular complexity index is 310. The minimum absolute atomic E-state index is 0. The fourth-order valence-corrected chi connectivity index (χ4v) is 0.937. The van der Waals surface area contributed by atoms with Crippen LogP contribution in [-0.2, 0) is 0 Å². The number of halogens is 3. The van der Waals surface area contributed by atoms with E-state index in [9.17, 15) is 12.9 Å². The zero-order valence-corrected chi connectivity index (χ0v) is 11.5. The molecule has 0 bridgehead atoms. The summed E-state index contributed by atoms with van der Waals surface area (Å²) in [6.07, 6.45) is 1.53. The average Bonchev–Trinajstić information content (AvgIpc) is 2.14. The monoisotopic (exact) mass is 240 g/mol. The van der Waals surface area contributed by atoms with E-state index >= 15 is 0 Å². The van der Waals surface area contributed by atoms with Gasteiger partial charge in [0.2, 0.25) is 0 Å². The molecule has 0 heterocycles. The Kier molecular flexibility index (Phi) is 6.87. The molecule has 1 aromatic rings. The molecule has 0 spiro atoms. The van der Waals surface area contributed by atoms with Gasteiger partial charge in [-0.1, -0.05) is 24.8 Å². The Labute approximate surface area is 129 Å². The quantitative estimate of drug-likeness (QED) is 0.500. The smallest absolute Gasteiger partial charge is 0.490 e. The van der Waals surface area contributed by atoms with E-state index in [-0.39, 0.29) is 58.0 Å². The van der Waals surface area contributed by atoms with Crippen LogP contribution in [0.1, 0.15) is 0 Å². The standard InChI is InChI=1S/C9H9BF3O.K/c1-2-7-14-9-5-3-8(4-6-9)10(11,12)13;/h2-6H,1,7H2;/q-1;+1. The van der Waals surface area contributed by atoms with Crippen molar-refractivity contribution in [2.75, 3.05) is 6.61 Å². The second-order valence-corrected chi connectivity index (χ2v) is 2.74. The maximum Gasteiger partial charge on any atom is 1.00 e. The second-order valence-electron chi connectivity index (χ2n) is 2.74. The second kappa shape index (κ2) is 6.75. The Morgan fingerprint density at radius 1 is 1.20 bits per heavy atom. The first kappa shape index (κ1) is 15.3. The van der Waals surface area contributed by atoms with Crippen LogP contribution in [0.25, 0.3) is 0 Å². The van der Waals surface area contributed by atoms with Gasteiger partial charge in [0.1, 0.15) is 12.4 Å². The summed E-state index contributed by atoms with van der Waals surface area (Å²) in [5, 5.41) is 0. The molecule has 0 N–H and O–H groups in total. The number of benzene rings is 1. The van der Waals surface area contributed by atoms with Crippen LogP contribution < -0.4 is 61.6 Å². The topological polar surface area (TPSA) is 9.23 Å². The maximum absolute atomic E-state index is 12.2. The van der Waals surface area contributed by atoms with Crippen molar-refractivity contribution in [3.8, 4) is 5.75 Å². The Morgan fingerprint density at radius 2 is 1.73 bits per heavy atom. The van der Waals surface area contributed by atoms with E-state index in [1.165, 1.54) is 18.2 Å². The van der Waals surface area contributed by atoms with E-state index in [0.29, 0.717) is 5.75 Å². The van der Waals surface area contributed by atoms with E-state index in [1.807, 2.05) is 0 Å². The zero-order valence-electron chi connectivity index (χ0n) is 8.42. The molecule has 0 aliphatic heterocycles. The van der Waals surface area contributed by atoms with Gasteiger partial charge < -0.3 is 17.7 Å². The van der Waals surface area contributed by atoms with Crippen LogP contribution in [0.5, 0.6) is 5.75 Å². The van der Waals surface area contributed by atoms with Gasteiger partial charge in [-0.25, -0.2) is 0 Å². The SMILES string of the molecule is C=CCOc1ccc([B-](F)(F)F)cc1.[K+]. The Balaban J connectivity index is 0.00000196. The van der Waals surface area contributed by atoms with E-state index < -0.39 is 12.4 Å². The number of rotatable bonds is 4. The molecule has 0 fully saturated rings. The number of hydrogen-bond acceptors (Lipinski definition) is 1. The van der Waals surface area contributed by atoms with E-state index in [0.717, 1.165) is 12.1 Å². The third-order valence-electron chi connectivity index (χ3n) is 1.63. The van der Waals surface area contributed by atoms with Crippen LogP contribution in [0.15, 0.2) is 36.9 Å². The van der Waals surface area contributed by atoms with Crippen molar-refractivity contribution < 1.29 is 69.1 Å². The summed E-state index contributed by atoms with van der Waals surface area (Å²) >= 11 is 0. The molecule has 0 aliphatic carbocycles. The van der Waals surface area contributed by atoms with Gasteiger partial charge in [-0.2, -0.15) is 0 Å². The predicted octanol–water partition coefficient (Wildman–Crippen LogP) is -0.690. The molecule has 0 amide bonds. The summed E-state index contributed by atoms with van der Waals surface area (Å²) in [5.41, 5.74) is -0.615. The first-order valence-electron chi connectivity index (χ1n) is 4.07. The van der Waals surface area contributed by atoms with E-state index in [4.69, 9.17) is 4.74 Å². The molecule has 1 aromatic carbocycles. The number of ether oxygens (including phenoxy) is 1. The Morgan fingerprint density at radius 3 is 2.13 bits per heavy atom. The summed E-state index contributed by atoms with van der Waals surface area (Å²) in [7, 11) is 0. The van der Waals surface area contributed by atoms with Crippen LogP contribution in [0, 0.1) is 0 Å². The van der Waals surface area contributed by atoms with Gasteiger partial charge in [-0.05, 0) is 12.1 Å². The van der Waals surface area contributed by atoms with Crippen molar-refractivity contribution >= 4 is 12.4 Å². The van der Waals surface area contributed by atoms with Gasteiger partial charge in [0.25, 0.3) is 0 Å². The molecule has 1 rings (SSSR count). The zero-order chi connectivity index (χ0) is 10.6. The molecule has 0 saturated heterocycles. The van der Waals surface area contributed by atoms with Gasteiger partial charge in [0, 0.05) is 0 Å². The molecule has 0 radical (unpaired) electrons. The summed E-state index contributed by atoms with van der Waals surface area (Å²) in [6.45, 7) is -1.19. The van der Waals surface area contributed by atoms with E-state index in [2.05, 4.69) is 6.58 Å². The Hall–Kier alpha value is 0.251. The molecule has 15 heavy (non-hydrogen) atoms. The normalized spacial score (nSPS) is 10.3. The van der Waals surface area contributed by atoms with Crippen molar-refractivity contribution in [1.82, 2.24) is 0 Å². The molecule has 0 unspecified atom stereocenters. The van der Waals surface area contributed by atoms with Crippen LogP contribution in [0.3, 0.4) is 0 Å². The fraction of sp³-hybridized carbons (Fsp3) is 0.111. The molecular formula is C9H9BF3KO. The van der Waals surface area contributed by atoms with Gasteiger partial charge in [-0.3, -0.25) is 0 Å². The van der Waals surface area contributed by atoms with Crippen molar-refractivity contribution in [1.29, 1.82) is 0 Å². The summed E-state index contributed by atoms with van der Waals surface area (Å²) < 4.78 is 41.6.